The van der Waals surface area contributed by atoms with Crippen molar-refractivity contribution in [3.05, 3.63) is 119 Å². The zero-order chi connectivity index (χ0) is 28.5. The monoisotopic (exact) mass is 554 g/mol. The van der Waals surface area contributed by atoms with Gasteiger partial charge >= 0.3 is 6.09 Å². The van der Waals surface area contributed by atoms with E-state index in [2.05, 4.69) is 41.4 Å². The fourth-order valence-electron chi connectivity index (χ4n) is 5.02. The molecule has 0 saturated carbocycles. The van der Waals surface area contributed by atoms with Crippen LogP contribution in [0.2, 0.25) is 5.15 Å². The Morgan fingerprint density at radius 1 is 0.850 bits per heavy atom. The predicted octanol–water partition coefficient (Wildman–Crippen LogP) is 7.30. The van der Waals surface area contributed by atoms with Crippen molar-refractivity contribution in [3.8, 4) is 5.88 Å². The van der Waals surface area contributed by atoms with Gasteiger partial charge in [0.2, 0.25) is 5.88 Å². The molecule has 5 rings (SSSR count). The van der Waals surface area contributed by atoms with Gasteiger partial charge < -0.3 is 9.47 Å². The summed E-state index contributed by atoms with van der Waals surface area (Å²) in [6.45, 7) is 5.44. The molecular weight excluding hydrogens is 524 g/mol. The molecule has 0 fully saturated rings. The Morgan fingerprint density at radius 3 is 1.75 bits per heavy atom. The number of rotatable bonds is 6. The number of hydrogen-bond donors (Lipinski definition) is 0. The summed E-state index contributed by atoms with van der Waals surface area (Å²) in [4.78, 5) is 19.0. The molecule has 0 aliphatic carbocycles. The van der Waals surface area contributed by atoms with E-state index >= 15 is 0 Å². The Morgan fingerprint density at radius 2 is 1.32 bits per heavy atom. The predicted molar refractivity (Wildman–Crippen MR) is 158 cm³/mol. The van der Waals surface area contributed by atoms with Gasteiger partial charge in [-0.25, -0.2) is 14.5 Å². The SMILES string of the molecule is COc1nn(C(c2ccccc2)(c2ccccc2)c2ccccc2)c2cc(Cl)nc(N(C)C(=O)OC(C)(C)C)c12. The van der Waals surface area contributed by atoms with Crippen LogP contribution in [0.25, 0.3) is 10.9 Å². The number of pyridine rings is 1. The second-order valence-corrected chi connectivity index (χ2v) is 10.8. The van der Waals surface area contributed by atoms with Gasteiger partial charge in [-0.2, -0.15) is 0 Å². The van der Waals surface area contributed by atoms with Crippen molar-refractivity contribution in [1.82, 2.24) is 14.8 Å². The van der Waals surface area contributed by atoms with Gasteiger partial charge in [-0.1, -0.05) is 103 Å². The van der Waals surface area contributed by atoms with Gasteiger partial charge in [0.05, 0.1) is 12.6 Å². The topological polar surface area (TPSA) is 69.5 Å². The van der Waals surface area contributed by atoms with Crippen molar-refractivity contribution in [2.45, 2.75) is 31.9 Å². The van der Waals surface area contributed by atoms with E-state index in [-0.39, 0.29) is 11.0 Å². The first-order chi connectivity index (χ1) is 19.2. The van der Waals surface area contributed by atoms with Crippen LogP contribution < -0.4 is 9.64 Å². The lowest BCUT2D eigenvalue weighted by molar-refractivity contribution is 0.0588. The average molecular weight is 555 g/mol. The zero-order valence-corrected chi connectivity index (χ0v) is 23.9. The van der Waals surface area contributed by atoms with Crippen LogP contribution in [-0.2, 0) is 10.3 Å². The van der Waals surface area contributed by atoms with Crippen LogP contribution in [0.1, 0.15) is 37.5 Å². The van der Waals surface area contributed by atoms with Gasteiger partial charge in [0, 0.05) is 13.1 Å². The highest BCUT2D eigenvalue weighted by Gasteiger charge is 2.42. The van der Waals surface area contributed by atoms with Crippen LogP contribution in [0.3, 0.4) is 0 Å². The summed E-state index contributed by atoms with van der Waals surface area (Å²) < 4.78 is 13.4. The van der Waals surface area contributed by atoms with Crippen molar-refractivity contribution in [3.63, 3.8) is 0 Å². The minimum absolute atomic E-state index is 0.199. The number of nitrogens with zero attached hydrogens (tertiary/aromatic N) is 4. The lowest BCUT2D eigenvalue weighted by atomic mass is 9.77. The molecule has 40 heavy (non-hydrogen) atoms. The van der Waals surface area contributed by atoms with Gasteiger partial charge in [0.25, 0.3) is 0 Å². The molecule has 2 heterocycles. The summed E-state index contributed by atoms with van der Waals surface area (Å²) in [5.41, 5.74) is 1.96. The first kappa shape index (κ1) is 27.2. The Kier molecular flexibility index (Phi) is 7.25. The lowest BCUT2D eigenvalue weighted by Gasteiger charge is -2.37. The maximum atomic E-state index is 13.1. The molecule has 0 aliphatic heterocycles. The van der Waals surface area contributed by atoms with E-state index in [1.165, 1.54) is 4.90 Å². The van der Waals surface area contributed by atoms with E-state index in [0.717, 1.165) is 16.7 Å². The summed E-state index contributed by atoms with van der Waals surface area (Å²) in [5.74, 6) is 0.583. The summed E-state index contributed by atoms with van der Waals surface area (Å²) in [6, 6.07) is 32.2. The van der Waals surface area contributed by atoms with Gasteiger partial charge in [-0.05, 0) is 37.5 Å². The van der Waals surface area contributed by atoms with Crippen molar-refractivity contribution in [2.24, 2.45) is 0 Å². The molecule has 0 saturated heterocycles. The molecule has 0 spiro atoms. The lowest BCUT2D eigenvalue weighted by Crippen LogP contribution is -2.38. The first-order valence-corrected chi connectivity index (χ1v) is 13.3. The molecule has 7 nitrogen and oxygen atoms in total. The molecule has 0 atom stereocenters. The normalized spacial score (nSPS) is 11.8. The number of carbonyl (C=O) groups is 1. The first-order valence-electron chi connectivity index (χ1n) is 12.9. The van der Waals surface area contributed by atoms with Crippen LogP contribution in [0.15, 0.2) is 97.1 Å². The molecule has 0 N–H and O–H groups in total. The minimum Gasteiger partial charge on any atom is -0.479 e. The van der Waals surface area contributed by atoms with Crippen molar-refractivity contribution >= 4 is 34.4 Å². The molecule has 0 bridgehead atoms. The third kappa shape index (κ3) is 4.77. The molecule has 2 aromatic heterocycles. The molecule has 0 radical (unpaired) electrons. The van der Waals surface area contributed by atoms with Gasteiger partial charge in [-0.15, -0.1) is 5.10 Å². The van der Waals surface area contributed by atoms with Crippen LogP contribution >= 0.6 is 11.6 Å². The smallest absolute Gasteiger partial charge is 0.415 e. The number of carbonyl (C=O) groups excluding carboxylic acids is 1. The number of benzene rings is 3. The number of halogens is 1. The maximum Gasteiger partial charge on any atom is 0.415 e. The summed E-state index contributed by atoms with van der Waals surface area (Å²) >= 11 is 6.65. The third-order valence-corrected chi connectivity index (χ3v) is 6.85. The van der Waals surface area contributed by atoms with Crippen LogP contribution in [0, 0.1) is 0 Å². The van der Waals surface area contributed by atoms with E-state index in [1.807, 2.05) is 80.1 Å². The highest BCUT2D eigenvalue weighted by Crippen LogP contribution is 2.45. The summed E-state index contributed by atoms with van der Waals surface area (Å²) in [6.07, 6.45) is -0.571. The number of ether oxygens (including phenoxy) is 2. The number of amides is 1. The summed E-state index contributed by atoms with van der Waals surface area (Å²) in [7, 11) is 3.15. The van der Waals surface area contributed by atoms with Crippen LogP contribution in [-0.4, -0.2) is 40.6 Å². The largest absolute Gasteiger partial charge is 0.479 e. The van der Waals surface area contributed by atoms with Crippen LogP contribution in [0.4, 0.5) is 10.6 Å². The molecule has 0 unspecified atom stereocenters. The Labute approximate surface area is 238 Å². The number of fused-ring (bicyclic) bond motifs is 1. The molecular formula is C32H31ClN4O3. The fraction of sp³-hybridized carbons (Fsp3) is 0.219. The number of aromatic nitrogens is 3. The van der Waals surface area contributed by atoms with Gasteiger partial charge in [0.1, 0.15) is 21.7 Å². The second kappa shape index (κ2) is 10.7. The second-order valence-electron chi connectivity index (χ2n) is 10.4. The van der Waals surface area contributed by atoms with Crippen LogP contribution in [0.5, 0.6) is 5.88 Å². The van der Waals surface area contributed by atoms with Crippen molar-refractivity contribution in [2.75, 3.05) is 19.1 Å². The maximum absolute atomic E-state index is 13.1. The van der Waals surface area contributed by atoms with E-state index < -0.39 is 17.2 Å². The van der Waals surface area contributed by atoms with E-state index in [1.54, 1.807) is 20.2 Å². The molecule has 8 heteroatoms. The van der Waals surface area contributed by atoms with E-state index in [4.69, 9.17) is 26.2 Å². The molecule has 204 valence electrons. The zero-order valence-electron chi connectivity index (χ0n) is 23.1. The minimum atomic E-state index is -0.925. The Balaban J connectivity index is 1.90. The van der Waals surface area contributed by atoms with Crippen molar-refractivity contribution in [1.29, 1.82) is 0 Å². The molecule has 1 amide bonds. The summed E-state index contributed by atoms with van der Waals surface area (Å²) in [5, 5.41) is 5.78. The quantitative estimate of drug-likeness (QED) is 0.163. The fourth-order valence-corrected chi connectivity index (χ4v) is 5.20. The van der Waals surface area contributed by atoms with Gasteiger partial charge in [0.15, 0.2) is 5.82 Å². The Bertz CT molecular complexity index is 1540. The van der Waals surface area contributed by atoms with E-state index in [0.29, 0.717) is 16.8 Å². The van der Waals surface area contributed by atoms with Gasteiger partial charge in [-0.3, -0.25) is 4.90 Å². The third-order valence-electron chi connectivity index (χ3n) is 6.65. The number of hydrogen-bond acceptors (Lipinski definition) is 5. The van der Waals surface area contributed by atoms with Crippen molar-refractivity contribution < 1.29 is 14.3 Å². The number of methoxy groups -OCH3 is 1. The highest BCUT2D eigenvalue weighted by atomic mass is 35.5. The number of anilines is 1. The van der Waals surface area contributed by atoms with E-state index in [9.17, 15) is 4.79 Å². The molecule has 0 aliphatic rings. The standard InChI is InChI=1S/C32H31ClN4O3/c1-31(2,3)40-30(38)36(4)28-27-25(21-26(33)34-28)37(35-29(27)39-5)32(22-15-9-6-10-16-22,23-17-11-7-12-18-23)24-19-13-8-14-20-24/h6-21H,1-5H3. The molecule has 5 aromatic rings. The highest BCUT2D eigenvalue weighted by molar-refractivity contribution is 6.30. The molecule has 3 aromatic carbocycles. The average Bonchev–Trinajstić information content (AvgIpc) is 3.32. The Hall–Kier alpha value is -4.36.